The van der Waals surface area contributed by atoms with Crippen molar-refractivity contribution in [3.8, 4) is 16.5 Å². The van der Waals surface area contributed by atoms with Gasteiger partial charge in [-0.15, -0.1) is 21.5 Å². The molecule has 0 aliphatic heterocycles. The van der Waals surface area contributed by atoms with E-state index in [2.05, 4.69) is 20.7 Å². The zero-order chi connectivity index (χ0) is 27.3. The van der Waals surface area contributed by atoms with Crippen LogP contribution in [0.4, 0.5) is 5.69 Å². The predicted octanol–water partition coefficient (Wildman–Crippen LogP) is 5.14. The molecule has 0 aliphatic rings. The largest absolute Gasteiger partial charge is 0.494 e. The maximum Gasteiger partial charge on any atom is 0.251 e. The van der Waals surface area contributed by atoms with Gasteiger partial charge in [0, 0.05) is 16.2 Å². The molecular weight excluding hydrogens is 524 g/mol. The summed E-state index contributed by atoms with van der Waals surface area (Å²) < 4.78 is 5.58. The van der Waals surface area contributed by atoms with Gasteiger partial charge in [0.25, 0.3) is 5.91 Å². The van der Waals surface area contributed by atoms with E-state index in [-0.39, 0.29) is 12.5 Å². The number of amides is 2. The molecule has 2 amide bonds. The number of carbonyl (C=O) groups is 2. The number of hydrogen-bond acceptors (Lipinski definition) is 7. The van der Waals surface area contributed by atoms with E-state index >= 15 is 0 Å². The summed E-state index contributed by atoms with van der Waals surface area (Å²) in [6, 6.07) is 16.7. The van der Waals surface area contributed by atoms with E-state index in [1.807, 2.05) is 45.2 Å². The molecule has 9 nitrogen and oxygen atoms in total. The number of thiophene rings is 1. The minimum absolute atomic E-state index is 0.224. The third-order valence-corrected chi connectivity index (χ3v) is 6.47. The summed E-state index contributed by atoms with van der Waals surface area (Å²) in [5, 5.41) is 18.0. The second-order valence-corrected chi connectivity index (χ2v) is 10.9. The number of nitrogens with zero attached hydrogens (tertiary/aromatic N) is 5. The van der Waals surface area contributed by atoms with Crippen LogP contribution in [0.25, 0.3) is 10.7 Å². The highest BCUT2D eigenvalue weighted by atomic mass is 35.5. The molecular formula is C27H29ClN6O3S. The molecule has 38 heavy (non-hydrogen) atoms. The van der Waals surface area contributed by atoms with Crippen molar-refractivity contribution in [1.82, 2.24) is 25.5 Å². The van der Waals surface area contributed by atoms with Crippen molar-refractivity contribution in [2.24, 2.45) is 0 Å². The fourth-order valence-corrected chi connectivity index (χ4v) is 4.59. The van der Waals surface area contributed by atoms with E-state index in [9.17, 15) is 9.59 Å². The Hall–Kier alpha value is -3.76. The first-order valence-electron chi connectivity index (χ1n) is 12.1. The number of aromatic nitrogens is 4. The molecule has 4 aromatic rings. The molecule has 2 aromatic carbocycles. The summed E-state index contributed by atoms with van der Waals surface area (Å²) in [7, 11) is 0. The van der Waals surface area contributed by atoms with Gasteiger partial charge in [-0.2, -0.15) is 4.80 Å². The van der Waals surface area contributed by atoms with Crippen molar-refractivity contribution < 1.29 is 14.3 Å². The SMILES string of the molecule is CCOc1ccc(N(C(=O)Cn2nnc(-c3cccs3)n2)[C@@H](C(=O)NC(C)(C)C)c2ccc(Cl)cc2)cc1. The van der Waals surface area contributed by atoms with Gasteiger partial charge in [-0.1, -0.05) is 29.8 Å². The summed E-state index contributed by atoms with van der Waals surface area (Å²) in [6.07, 6.45) is 0. The molecule has 4 rings (SSSR count). The van der Waals surface area contributed by atoms with Crippen LogP contribution in [0, 0.1) is 0 Å². The fraction of sp³-hybridized carbons (Fsp3) is 0.296. The van der Waals surface area contributed by atoms with Crippen molar-refractivity contribution in [2.45, 2.75) is 45.8 Å². The Morgan fingerprint density at radius 3 is 2.42 bits per heavy atom. The van der Waals surface area contributed by atoms with Gasteiger partial charge in [-0.05, 0) is 86.3 Å². The van der Waals surface area contributed by atoms with Gasteiger partial charge in [-0.25, -0.2) is 0 Å². The molecule has 1 N–H and O–H groups in total. The average Bonchev–Trinajstić information content (AvgIpc) is 3.55. The monoisotopic (exact) mass is 552 g/mol. The number of benzene rings is 2. The Labute approximate surface area is 230 Å². The molecule has 0 aliphatic carbocycles. The van der Waals surface area contributed by atoms with Crippen molar-refractivity contribution in [3.63, 3.8) is 0 Å². The average molecular weight is 553 g/mol. The number of nitrogens with one attached hydrogen (secondary N) is 1. The van der Waals surface area contributed by atoms with Crippen LogP contribution in [-0.4, -0.2) is 44.2 Å². The van der Waals surface area contributed by atoms with Gasteiger partial charge in [-0.3, -0.25) is 14.5 Å². The summed E-state index contributed by atoms with van der Waals surface area (Å²) in [4.78, 5) is 31.2. The van der Waals surface area contributed by atoms with Gasteiger partial charge in [0.1, 0.15) is 18.3 Å². The lowest BCUT2D eigenvalue weighted by Gasteiger charge is -2.33. The lowest BCUT2D eigenvalue weighted by Crippen LogP contribution is -2.50. The fourth-order valence-electron chi connectivity index (χ4n) is 3.82. The van der Waals surface area contributed by atoms with E-state index in [0.717, 1.165) is 4.88 Å². The van der Waals surface area contributed by atoms with Crippen LogP contribution < -0.4 is 15.0 Å². The molecule has 2 aromatic heterocycles. The van der Waals surface area contributed by atoms with E-state index in [0.29, 0.717) is 34.5 Å². The highest BCUT2D eigenvalue weighted by Gasteiger charge is 2.35. The van der Waals surface area contributed by atoms with Gasteiger partial charge in [0.2, 0.25) is 11.7 Å². The van der Waals surface area contributed by atoms with Gasteiger partial charge in [0.15, 0.2) is 0 Å². The van der Waals surface area contributed by atoms with E-state index in [4.69, 9.17) is 16.3 Å². The molecule has 198 valence electrons. The van der Waals surface area contributed by atoms with Crippen molar-refractivity contribution in [1.29, 1.82) is 0 Å². The van der Waals surface area contributed by atoms with E-state index in [1.165, 1.54) is 21.0 Å². The molecule has 2 heterocycles. The highest BCUT2D eigenvalue weighted by molar-refractivity contribution is 7.13. The van der Waals surface area contributed by atoms with E-state index in [1.54, 1.807) is 48.5 Å². The Balaban J connectivity index is 1.75. The smallest absolute Gasteiger partial charge is 0.251 e. The third-order valence-electron chi connectivity index (χ3n) is 5.36. The number of carbonyl (C=O) groups excluding carboxylic acids is 2. The van der Waals surface area contributed by atoms with Crippen molar-refractivity contribution >= 4 is 40.4 Å². The zero-order valence-electron chi connectivity index (χ0n) is 21.6. The van der Waals surface area contributed by atoms with Crippen molar-refractivity contribution in [2.75, 3.05) is 11.5 Å². The van der Waals surface area contributed by atoms with Gasteiger partial charge in [0.05, 0.1) is 11.5 Å². The third kappa shape index (κ3) is 6.76. The van der Waals surface area contributed by atoms with Crippen LogP contribution in [0.2, 0.25) is 5.02 Å². The number of tetrazole rings is 1. The maximum absolute atomic E-state index is 13.9. The highest BCUT2D eigenvalue weighted by Crippen LogP contribution is 2.31. The lowest BCUT2D eigenvalue weighted by atomic mass is 10.0. The number of ether oxygens (including phenoxy) is 1. The number of halogens is 1. The Morgan fingerprint density at radius 2 is 1.82 bits per heavy atom. The molecule has 0 bridgehead atoms. The molecule has 0 fully saturated rings. The van der Waals surface area contributed by atoms with E-state index < -0.39 is 17.5 Å². The van der Waals surface area contributed by atoms with Crippen LogP contribution in [0.1, 0.15) is 39.3 Å². The minimum Gasteiger partial charge on any atom is -0.494 e. The molecule has 11 heteroatoms. The Bertz CT molecular complexity index is 1370. The van der Waals surface area contributed by atoms with Crippen LogP contribution in [0.15, 0.2) is 66.0 Å². The quantitative estimate of drug-likeness (QED) is 0.308. The predicted molar refractivity (Wildman–Crippen MR) is 148 cm³/mol. The maximum atomic E-state index is 13.9. The Morgan fingerprint density at radius 1 is 1.11 bits per heavy atom. The molecule has 1 atom stereocenters. The topological polar surface area (TPSA) is 102 Å². The zero-order valence-corrected chi connectivity index (χ0v) is 23.2. The molecule has 0 saturated heterocycles. The first-order chi connectivity index (χ1) is 18.1. The second kappa shape index (κ2) is 11.7. The second-order valence-electron chi connectivity index (χ2n) is 9.50. The van der Waals surface area contributed by atoms with Gasteiger partial charge >= 0.3 is 0 Å². The lowest BCUT2D eigenvalue weighted by molar-refractivity contribution is -0.128. The molecule has 0 unspecified atom stereocenters. The summed E-state index contributed by atoms with van der Waals surface area (Å²) in [5.41, 5.74) is 0.587. The number of hydrogen-bond donors (Lipinski definition) is 1. The number of anilines is 1. The van der Waals surface area contributed by atoms with Gasteiger partial charge < -0.3 is 10.1 Å². The first kappa shape index (κ1) is 27.3. The molecule has 0 radical (unpaired) electrons. The Kier molecular flexibility index (Phi) is 8.43. The summed E-state index contributed by atoms with van der Waals surface area (Å²) in [5.74, 6) is 0.352. The molecule has 0 saturated carbocycles. The summed E-state index contributed by atoms with van der Waals surface area (Å²) in [6.45, 7) is 7.84. The standard InChI is InChI=1S/C27H29ClN6O3S/c1-5-37-21-14-12-20(13-15-21)34(23(35)17-33-31-25(30-32-33)22-7-6-16-38-22)24(26(36)29-27(2,3)4)18-8-10-19(28)11-9-18/h6-16,24H,5,17H2,1-4H3,(H,29,36)/t24-/m1/s1. The van der Waals surface area contributed by atoms with Crippen LogP contribution in [0.3, 0.4) is 0 Å². The van der Waals surface area contributed by atoms with Crippen LogP contribution in [-0.2, 0) is 16.1 Å². The first-order valence-corrected chi connectivity index (χ1v) is 13.3. The normalized spacial score (nSPS) is 12.1. The van der Waals surface area contributed by atoms with Crippen molar-refractivity contribution in [3.05, 3.63) is 76.6 Å². The minimum atomic E-state index is -0.989. The molecule has 0 spiro atoms. The summed E-state index contributed by atoms with van der Waals surface area (Å²) >= 11 is 7.62. The van der Waals surface area contributed by atoms with Crippen LogP contribution >= 0.6 is 22.9 Å². The number of rotatable bonds is 9. The van der Waals surface area contributed by atoms with Crippen LogP contribution in [0.5, 0.6) is 5.75 Å².